The molecule has 2 nitrogen and oxygen atoms in total. The van der Waals surface area contributed by atoms with Crippen molar-refractivity contribution in [3.63, 3.8) is 0 Å². The van der Waals surface area contributed by atoms with Crippen molar-refractivity contribution in [3.8, 4) is 6.07 Å². The van der Waals surface area contributed by atoms with Crippen LogP contribution in [0.3, 0.4) is 0 Å². The van der Waals surface area contributed by atoms with Crippen LogP contribution in [0.25, 0.3) is 0 Å². The molecule has 1 fully saturated rings. The van der Waals surface area contributed by atoms with Crippen LogP contribution >= 0.6 is 0 Å². The predicted octanol–water partition coefficient (Wildman–Crippen LogP) is 3.55. The second kappa shape index (κ2) is 5.03. The lowest BCUT2D eigenvalue weighted by Crippen LogP contribution is -2.23. The van der Waals surface area contributed by atoms with E-state index in [2.05, 4.69) is 18.3 Å². The van der Waals surface area contributed by atoms with Crippen molar-refractivity contribution in [2.45, 2.75) is 38.6 Å². The van der Waals surface area contributed by atoms with Gasteiger partial charge in [0, 0.05) is 11.7 Å². The van der Waals surface area contributed by atoms with Crippen LogP contribution in [0.2, 0.25) is 0 Å². The molecule has 0 aromatic heterocycles. The van der Waals surface area contributed by atoms with Gasteiger partial charge in [-0.15, -0.1) is 0 Å². The van der Waals surface area contributed by atoms with Gasteiger partial charge in [-0.05, 0) is 49.9 Å². The Morgan fingerprint density at radius 2 is 1.88 bits per heavy atom. The van der Waals surface area contributed by atoms with E-state index in [0.29, 0.717) is 6.04 Å². The number of nitriles is 1. The summed E-state index contributed by atoms with van der Waals surface area (Å²) in [4.78, 5) is 0. The van der Waals surface area contributed by atoms with Crippen molar-refractivity contribution in [3.05, 3.63) is 29.8 Å². The normalized spacial score (nSPS) is 18.0. The Kier molecular flexibility index (Phi) is 3.46. The largest absolute Gasteiger partial charge is 0.382 e. The lowest BCUT2D eigenvalue weighted by atomic mass is 9.99. The van der Waals surface area contributed by atoms with Gasteiger partial charge in [-0.25, -0.2) is 0 Å². The second-order valence-electron chi connectivity index (χ2n) is 4.67. The monoisotopic (exact) mass is 214 g/mol. The Bertz CT molecular complexity index is 369. The zero-order valence-electron chi connectivity index (χ0n) is 9.74. The minimum atomic E-state index is 0.537. The molecule has 1 saturated carbocycles. The molecule has 2 rings (SSSR count). The van der Waals surface area contributed by atoms with Crippen molar-refractivity contribution in [2.24, 2.45) is 5.92 Å². The molecule has 0 saturated heterocycles. The Labute approximate surface area is 97.3 Å². The molecule has 0 bridgehead atoms. The predicted molar refractivity (Wildman–Crippen MR) is 66.2 cm³/mol. The van der Waals surface area contributed by atoms with Gasteiger partial charge in [0.05, 0.1) is 11.6 Å². The number of nitrogens with zero attached hydrogens (tertiary/aromatic N) is 1. The molecule has 1 aromatic carbocycles. The zero-order valence-corrected chi connectivity index (χ0v) is 9.74. The molecule has 84 valence electrons. The lowest BCUT2D eigenvalue weighted by Gasteiger charge is -2.21. The summed E-state index contributed by atoms with van der Waals surface area (Å²) in [6, 6.07) is 10.4. The van der Waals surface area contributed by atoms with Gasteiger partial charge in [-0.1, -0.05) is 12.8 Å². The Morgan fingerprint density at radius 1 is 1.25 bits per heavy atom. The first kappa shape index (κ1) is 11.0. The lowest BCUT2D eigenvalue weighted by molar-refractivity contribution is 0.482. The van der Waals surface area contributed by atoms with E-state index in [1.807, 2.05) is 24.3 Å². The minimum Gasteiger partial charge on any atom is -0.382 e. The first-order valence-corrected chi connectivity index (χ1v) is 6.06. The molecule has 0 heterocycles. The Hall–Kier alpha value is -1.49. The summed E-state index contributed by atoms with van der Waals surface area (Å²) in [5.41, 5.74) is 1.84. The summed E-state index contributed by atoms with van der Waals surface area (Å²) in [6.45, 7) is 2.26. The van der Waals surface area contributed by atoms with Gasteiger partial charge in [0.15, 0.2) is 0 Å². The van der Waals surface area contributed by atoms with Gasteiger partial charge in [0.1, 0.15) is 0 Å². The number of rotatable bonds is 3. The van der Waals surface area contributed by atoms with Crippen LogP contribution in [0.5, 0.6) is 0 Å². The summed E-state index contributed by atoms with van der Waals surface area (Å²) < 4.78 is 0. The number of hydrogen-bond donors (Lipinski definition) is 1. The van der Waals surface area contributed by atoms with E-state index in [0.717, 1.165) is 17.2 Å². The maximum atomic E-state index is 8.71. The van der Waals surface area contributed by atoms with E-state index < -0.39 is 0 Å². The van der Waals surface area contributed by atoms with E-state index in [-0.39, 0.29) is 0 Å². The molecule has 1 aliphatic rings. The SMILES string of the molecule is CC(Nc1ccc(C#N)cc1)C1CCCC1. The molecule has 1 aromatic rings. The molecule has 1 atom stereocenters. The molecule has 0 radical (unpaired) electrons. The second-order valence-corrected chi connectivity index (χ2v) is 4.67. The van der Waals surface area contributed by atoms with Crippen LogP contribution in [0.4, 0.5) is 5.69 Å². The highest BCUT2D eigenvalue weighted by atomic mass is 14.9. The fourth-order valence-corrected chi connectivity index (χ4v) is 2.48. The topological polar surface area (TPSA) is 35.8 Å². The third kappa shape index (κ3) is 2.55. The highest BCUT2D eigenvalue weighted by molar-refractivity contribution is 5.47. The summed E-state index contributed by atoms with van der Waals surface area (Å²) in [5, 5.41) is 12.2. The van der Waals surface area contributed by atoms with Gasteiger partial charge >= 0.3 is 0 Å². The first-order chi connectivity index (χ1) is 7.79. The molecule has 0 spiro atoms. The third-order valence-corrected chi connectivity index (χ3v) is 3.52. The number of benzene rings is 1. The van der Waals surface area contributed by atoms with Crippen molar-refractivity contribution in [1.82, 2.24) is 0 Å². The van der Waals surface area contributed by atoms with E-state index in [1.54, 1.807) is 0 Å². The number of nitrogens with one attached hydrogen (secondary N) is 1. The molecule has 1 N–H and O–H groups in total. The molecule has 2 heteroatoms. The van der Waals surface area contributed by atoms with Gasteiger partial charge in [0.25, 0.3) is 0 Å². The molecule has 0 amide bonds. The Balaban J connectivity index is 1.95. The quantitative estimate of drug-likeness (QED) is 0.835. The summed E-state index contributed by atoms with van der Waals surface area (Å²) >= 11 is 0. The maximum Gasteiger partial charge on any atom is 0.0991 e. The molecule has 16 heavy (non-hydrogen) atoms. The average molecular weight is 214 g/mol. The Morgan fingerprint density at radius 3 is 2.44 bits per heavy atom. The van der Waals surface area contributed by atoms with Crippen molar-refractivity contribution in [2.75, 3.05) is 5.32 Å². The molecule has 0 aliphatic heterocycles. The minimum absolute atomic E-state index is 0.537. The van der Waals surface area contributed by atoms with Gasteiger partial charge in [0.2, 0.25) is 0 Å². The fourth-order valence-electron chi connectivity index (χ4n) is 2.48. The summed E-state index contributed by atoms with van der Waals surface area (Å²) in [5.74, 6) is 0.815. The smallest absolute Gasteiger partial charge is 0.0991 e. The van der Waals surface area contributed by atoms with Crippen molar-refractivity contribution in [1.29, 1.82) is 5.26 Å². The standard InChI is InChI=1S/C14H18N2/c1-11(13-4-2-3-5-13)16-14-8-6-12(10-15)7-9-14/h6-9,11,13,16H,2-5H2,1H3. The van der Waals surface area contributed by atoms with E-state index >= 15 is 0 Å². The highest BCUT2D eigenvalue weighted by Crippen LogP contribution is 2.29. The van der Waals surface area contributed by atoms with Crippen molar-refractivity contribution < 1.29 is 0 Å². The summed E-state index contributed by atoms with van der Waals surface area (Å²) in [6.07, 6.45) is 5.46. The van der Waals surface area contributed by atoms with Crippen LogP contribution in [-0.4, -0.2) is 6.04 Å². The van der Waals surface area contributed by atoms with Crippen LogP contribution in [0.15, 0.2) is 24.3 Å². The van der Waals surface area contributed by atoms with Gasteiger partial charge in [-0.3, -0.25) is 0 Å². The fraction of sp³-hybridized carbons (Fsp3) is 0.500. The summed E-state index contributed by atoms with van der Waals surface area (Å²) in [7, 11) is 0. The van der Waals surface area contributed by atoms with E-state index in [4.69, 9.17) is 5.26 Å². The zero-order chi connectivity index (χ0) is 11.4. The van der Waals surface area contributed by atoms with Gasteiger partial charge < -0.3 is 5.32 Å². The first-order valence-electron chi connectivity index (χ1n) is 6.06. The number of hydrogen-bond acceptors (Lipinski definition) is 2. The average Bonchev–Trinajstić information content (AvgIpc) is 2.83. The third-order valence-electron chi connectivity index (χ3n) is 3.52. The van der Waals surface area contributed by atoms with Crippen molar-refractivity contribution >= 4 is 5.69 Å². The molecule has 1 unspecified atom stereocenters. The van der Waals surface area contributed by atoms with Crippen LogP contribution in [-0.2, 0) is 0 Å². The van der Waals surface area contributed by atoms with E-state index in [1.165, 1.54) is 25.7 Å². The highest BCUT2D eigenvalue weighted by Gasteiger charge is 2.21. The maximum absolute atomic E-state index is 8.71. The molecule has 1 aliphatic carbocycles. The van der Waals surface area contributed by atoms with Crippen LogP contribution < -0.4 is 5.32 Å². The van der Waals surface area contributed by atoms with E-state index in [9.17, 15) is 0 Å². The number of anilines is 1. The molecular formula is C14H18N2. The van der Waals surface area contributed by atoms with Crippen LogP contribution in [0, 0.1) is 17.2 Å². The molecular weight excluding hydrogens is 196 g/mol. The van der Waals surface area contributed by atoms with Crippen LogP contribution in [0.1, 0.15) is 38.2 Å². The van der Waals surface area contributed by atoms with Gasteiger partial charge in [-0.2, -0.15) is 5.26 Å².